The fourth-order valence-electron chi connectivity index (χ4n) is 2.83. The normalized spacial score (nSPS) is 10.7. The first-order valence-electron chi connectivity index (χ1n) is 7.95. The van der Waals surface area contributed by atoms with Gasteiger partial charge < -0.3 is 4.74 Å². The Balaban J connectivity index is 1.58. The van der Waals surface area contributed by atoms with Crippen LogP contribution in [0.3, 0.4) is 0 Å². The Bertz CT molecular complexity index is 1020. The molecule has 0 fully saturated rings. The van der Waals surface area contributed by atoms with E-state index in [1.54, 1.807) is 24.3 Å². The number of hydrogen-bond acceptors (Lipinski definition) is 3. The molecular formula is C22H14O3. The predicted octanol–water partition coefficient (Wildman–Crippen LogP) is 4.99. The highest BCUT2D eigenvalue weighted by Crippen LogP contribution is 2.19. The van der Waals surface area contributed by atoms with Gasteiger partial charge in [0.25, 0.3) is 0 Å². The maximum absolute atomic E-state index is 12.3. The van der Waals surface area contributed by atoms with Crippen LogP contribution in [-0.4, -0.2) is 11.9 Å². The number of ether oxygens (including phenoxy) is 1. The van der Waals surface area contributed by atoms with Crippen LogP contribution >= 0.6 is 0 Å². The summed E-state index contributed by atoms with van der Waals surface area (Å²) in [6.07, 6.45) is 0. The number of rotatable bonds is 2. The summed E-state index contributed by atoms with van der Waals surface area (Å²) in [5, 5.41) is 3.91. The standard InChI is InChI=1S/C22H14O3/c23-21(19-11-9-15-5-1-3-7-17(15)13-19)25-22(24)20-12-10-16-6-2-4-8-18(16)14-20/h1-14H. The van der Waals surface area contributed by atoms with E-state index >= 15 is 0 Å². The van der Waals surface area contributed by atoms with E-state index in [2.05, 4.69) is 0 Å². The molecule has 25 heavy (non-hydrogen) atoms. The lowest BCUT2D eigenvalue weighted by molar-refractivity contribution is 0.0398. The van der Waals surface area contributed by atoms with Crippen molar-refractivity contribution >= 4 is 33.5 Å². The molecule has 0 N–H and O–H groups in total. The number of fused-ring (bicyclic) bond motifs is 2. The zero-order chi connectivity index (χ0) is 17.2. The van der Waals surface area contributed by atoms with Crippen LogP contribution in [0, 0.1) is 0 Å². The molecule has 0 amide bonds. The van der Waals surface area contributed by atoms with Crippen LogP contribution in [0.1, 0.15) is 20.7 Å². The smallest absolute Gasteiger partial charge is 0.346 e. The topological polar surface area (TPSA) is 43.4 Å². The molecule has 0 radical (unpaired) electrons. The number of benzene rings is 4. The zero-order valence-electron chi connectivity index (χ0n) is 13.3. The Hall–Kier alpha value is -3.46. The van der Waals surface area contributed by atoms with Crippen molar-refractivity contribution in [1.82, 2.24) is 0 Å². The molecular weight excluding hydrogens is 312 g/mol. The van der Waals surface area contributed by atoms with Crippen LogP contribution < -0.4 is 0 Å². The van der Waals surface area contributed by atoms with Gasteiger partial charge in [0.15, 0.2) is 0 Å². The van der Waals surface area contributed by atoms with E-state index < -0.39 is 11.9 Å². The summed E-state index contributed by atoms with van der Waals surface area (Å²) in [7, 11) is 0. The highest BCUT2D eigenvalue weighted by Gasteiger charge is 2.15. The Labute approximate surface area is 144 Å². The predicted molar refractivity (Wildman–Crippen MR) is 97.6 cm³/mol. The van der Waals surface area contributed by atoms with E-state index in [1.165, 1.54) is 0 Å². The lowest BCUT2D eigenvalue weighted by atomic mass is 10.1. The van der Waals surface area contributed by atoms with Gasteiger partial charge in [-0.1, -0.05) is 60.7 Å². The lowest BCUT2D eigenvalue weighted by Crippen LogP contribution is -2.12. The van der Waals surface area contributed by atoms with Gasteiger partial charge in [-0.3, -0.25) is 0 Å². The monoisotopic (exact) mass is 326 g/mol. The van der Waals surface area contributed by atoms with Gasteiger partial charge in [-0.05, 0) is 45.8 Å². The molecule has 0 bridgehead atoms. The number of esters is 2. The van der Waals surface area contributed by atoms with E-state index in [0.29, 0.717) is 11.1 Å². The molecule has 120 valence electrons. The van der Waals surface area contributed by atoms with E-state index in [9.17, 15) is 9.59 Å². The van der Waals surface area contributed by atoms with Crippen molar-refractivity contribution < 1.29 is 14.3 Å². The van der Waals surface area contributed by atoms with Crippen molar-refractivity contribution in [3.8, 4) is 0 Å². The van der Waals surface area contributed by atoms with Crippen LogP contribution in [0.25, 0.3) is 21.5 Å². The van der Waals surface area contributed by atoms with Gasteiger partial charge >= 0.3 is 11.9 Å². The van der Waals surface area contributed by atoms with Crippen molar-refractivity contribution in [2.75, 3.05) is 0 Å². The van der Waals surface area contributed by atoms with E-state index in [4.69, 9.17) is 4.74 Å². The summed E-state index contributed by atoms with van der Waals surface area (Å²) >= 11 is 0. The van der Waals surface area contributed by atoms with Crippen LogP contribution in [-0.2, 0) is 4.74 Å². The van der Waals surface area contributed by atoms with E-state index in [-0.39, 0.29) is 0 Å². The largest absolute Gasteiger partial charge is 0.386 e. The molecule has 0 aliphatic carbocycles. The second kappa shape index (κ2) is 6.21. The van der Waals surface area contributed by atoms with Crippen molar-refractivity contribution in [3.05, 3.63) is 96.1 Å². The minimum atomic E-state index is -0.649. The number of carbonyl (C=O) groups is 2. The van der Waals surface area contributed by atoms with Gasteiger partial charge in [0, 0.05) is 0 Å². The molecule has 0 atom stereocenters. The minimum absolute atomic E-state index is 0.354. The summed E-state index contributed by atoms with van der Waals surface area (Å²) in [4.78, 5) is 24.6. The Morgan fingerprint density at radius 3 is 1.36 bits per heavy atom. The molecule has 0 aromatic heterocycles. The van der Waals surface area contributed by atoms with Gasteiger partial charge in [-0.25, -0.2) is 9.59 Å². The Morgan fingerprint density at radius 2 is 0.920 bits per heavy atom. The minimum Gasteiger partial charge on any atom is -0.386 e. The van der Waals surface area contributed by atoms with Crippen LogP contribution in [0.5, 0.6) is 0 Å². The Morgan fingerprint density at radius 1 is 0.520 bits per heavy atom. The van der Waals surface area contributed by atoms with E-state index in [0.717, 1.165) is 21.5 Å². The molecule has 0 unspecified atom stereocenters. The van der Waals surface area contributed by atoms with E-state index in [1.807, 2.05) is 60.7 Å². The van der Waals surface area contributed by atoms with Gasteiger partial charge in [0.05, 0.1) is 11.1 Å². The average Bonchev–Trinajstić information content (AvgIpc) is 2.67. The summed E-state index contributed by atoms with van der Waals surface area (Å²) in [6, 6.07) is 25.9. The molecule has 4 rings (SSSR count). The first-order chi connectivity index (χ1) is 12.2. The molecule has 0 aliphatic heterocycles. The zero-order valence-corrected chi connectivity index (χ0v) is 13.3. The van der Waals surface area contributed by atoms with Crippen molar-refractivity contribution in [2.24, 2.45) is 0 Å². The number of hydrogen-bond donors (Lipinski definition) is 0. The maximum Gasteiger partial charge on any atom is 0.346 e. The van der Waals surface area contributed by atoms with Gasteiger partial charge in [0.2, 0.25) is 0 Å². The van der Waals surface area contributed by atoms with Crippen LogP contribution in [0.15, 0.2) is 84.9 Å². The third kappa shape index (κ3) is 3.00. The van der Waals surface area contributed by atoms with Crippen LogP contribution in [0.2, 0.25) is 0 Å². The highest BCUT2D eigenvalue weighted by molar-refractivity contribution is 6.05. The third-order valence-electron chi connectivity index (χ3n) is 4.16. The summed E-state index contributed by atoms with van der Waals surface area (Å²) in [6.45, 7) is 0. The fourth-order valence-corrected chi connectivity index (χ4v) is 2.83. The molecule has 3 heteroatoms. The summed E-state index contributed by atoms with van der Waals surface area (Å²) in [5.41, 5.74) is 0.709. The lowest BCUT2D eigenvalue weighted by Gasteiger charge is -2.06. The molecule has 4 aromatic carbocycles. The van der Waals surface area contributed by atoms with Crippen molar-refractivity contribution in [3.63, 3.8) is 0 Å². The van der Waals surface area contributed by atoms with Gasteiger partial charge in [-0.15, -0.1) is 0 Å². The van der Waals surface area contributed by atoms with Crippen molar-refractivity contribution in [2.45, 2.75) is 0 Å². The quantitative estimate of drug-likeness (QED) is 0.385. The average molecular weight is 326 g/mol. The molecule has 0 saturated heterocycles. The first kappa shape index (κ1) is 15.1. The molecule has 0 heterocycles. The number of carbonyl (C=O) groups excluding carboxylic acids is 2. The summed E-state index contributed by atoms with van der Waals surface area (Å²) < 4.78 is 5.04. The second-order valence-electron chi connectivity index (χ2n) is 5.80. The highest BCUT2D eigenvalue weighted by atomic mass is 16.6. The summed E-state index contributed by atoms with van der Waals surface area (Å²) in [5.74, 6) is -1.30. The fraction of sp³-hybridized carbons (Fsp3) is 0. The molecule has 4 aromatic rings. The third-order valence-corrected chi connectivity index (χ3v) is 4.16. The maximum atomic E-state index is 12.3. The molecule has 0 spiro atoms. The second-order valence-corrected chi connectivity index (χ2v) is 5.80. The SMILES string of the molecule is O=C(OC(=O)c1ccc2ccccc2c1)c1ccc2ccccc2c1. The molecule has 0 aliphatic rings. The van der Waals surface area contributed by atoms with Crippen LogP contribution in [0.4, 0.5) is 0 Å². The Kier molecular flexibility index (Phi) is 3.75. The van der Waals surface area contributed by atoms with Crippen molar-refractivity contribution in [1.29, 1.82) is 0 Å². The van der Waals surface area contributed by atoms with Gasteiger partial charge in [-0.2, -0.15) is 0 Å². The molecule has 0 saturated carbocycles. The molecule has 3 nitrogen and oxygen atoms in total. The van der Waals surface area contributed by atoms with Gasteiger partial charge in [0.1, 0.15) is 0 Å². The first-order valence-corrected chi connectivity index (χ1v) is 7.95.